The van der Waals surface area contributed by atoms with E-state index in [-0.39, 0.29) is 0 Å². The van der Waals surface area contributed by atoms with E-state index in [1.54, 1.807) is 18.0 Å². The molecular formula is C9H10BrNOS. The van der Waals surface area contributed by atoms with Gasteiger partial charge in [-0.15, -0.1) is 11.8 Å². The van der Waals surface area contributed by atoms with E-state index in [0.29, 0.717) is 6.10 Å². The van der Waals surface area contributed by atoms with Crippen LogP contribution < -0.4 is 4.74 Å². The molecule has 70 valence electrons. The minimum absolute atomic E-state index is 0.445. The summed E-state index contributed by atoms with van der Waals surface area (Å²) in [5, 5.41) is 0. The van der Waals surface area contributed by atoms with Crippen molar-refractivity contribution in [2.24, 2.45) is 0 Å². The molecule has 1 aliphatic carbocycles. The van der Waals surface area contributed by atoms with Crippen LogP contribution in [-0.2, 0) is 0 Å². The Morgan fingerprint density at radius 1 is 1.62 bits per heavy atom. The van der Waals surface area contributed by atoms with Crippen LogP contribution in [0.4, 0.5) is 0 Å². The zero-order valence-corrected chi connectivity index (χ0v) is 9.69. The molecule has 4 heteroatoms. The second kappa shape index (κ2) is 3.88. The third-order valence-corrected chi connectivity index (χ3v) is 3.51. The molecule has 0 N–H and O–H groups in total. The van der Waals surface area contributed by atoms with Gasteiger partial charge in [-0.2, -0.15) is 0 Å². The van der Waals surface area contributed by atoms with Gasteiger partial charge >= 0.3 is 0 Å². The Hall–Kier alpha value is -0.220. The van der Waals surface area contributed by atoms with Crippen molar-refractivity contribution in [2.45, 2.75) is 23.8 Å². The maximum atomic E-state index is 5.74. The van der Waals surface area contributed by atoms with Gasteiger partial charge in [0.2, 0.25) is 0 Å². The van der Waals surface area contributed by atoms with Crippen LogP contribution in [0.2, 0.25) is 0 Å². The molecule has 0 amide bonds. The molecule has 1 aliphatic rings. The average Bonchev–Trinajstić information content (AvgIpc) is 2.89. The summed E-state index contributed by atoms with van der Waals surface area (Å²) in [6.45, 7) is 0. The van der Waals surface area contributed by atoms with Gasteiger partial charge in [0.1, 0.15) is 10.4 Å². The zero-order valence-electron chi connectivity index (χ0n) is 7.29. The van der Waals surface area contributed by atoms with E-state index in [4.69, 9.17) is 4.74 Å². The SMILES string of the molecule is CSc1c(OC2CC2)ccnc1Br. The van der Waals surface area contributed by atoms with E-state index < -0.39 is 0 Å². The average molecular weight is 260 g/mol. The van der Waals surface area contributed by atoms with Crippen LogP contribution in [0.15, 0.2) is 21.8 Å². The summed E-state index contributed by atoms with van der Waals surface area (Å²) in [4.78, 5) is 5.25. The first kappa shape index (κ1) is 9.34. The lowest BCUT2D eigenvalue weighted by molar-refractivity contribution is 0.295. The molecular weight excluding hydrogens is 250 g/mol. The standard InChI is InChI=1S/C9H10BrNOS/c1-13-8-7(12-6-2-3-6)4-5-11-9(8)10/h4-6H,2-3H2,1H3. The number of hydrogen-bond donors (Lipinski definition) is 0. The second-order valence-electron chi connectivity index (χ2n) is 2.95. The molecule has 1 fully saturated rings. The molecule has 2 rings (SSSR count). The summed E-state index contributed by atoms with van der Waals surface area (Å²) in [5.41, 5.74) is 0. The lowest BCUT2D eigenvalue weighted by atomic mass is 10.4. The molecule has 13 heavy (non-hydrogen) atoms. The molecule has 0 atom stereocenters. The second-order valence-corrected chi connectivity index (χ2v) is 4.52. The van der Waals surface area contributed by atoms with Crippen LogP contribution in [-0.4, -0.2) is 17.3 Å². The first-order chi connectivity index (χ1) is 6.31. The zero-order chi connectivity index (χ0) is 9.26. The highest BCUT2D eigenvalue weighted by molar-refractivity contribution is 9.10. The summed E-state index contributed by atoms with van der Waals surface area (Å²) < 4.78 is 6.61. The molecule has 0 bridgehead atoms. The van der Waals surface area contributed by atoms with Gasteiger partial charge in [-0.1, -0.05) is 0 Å². The van der Waals surface area contributed by atoms with Crippen molar-refractivity contribution in [3.8, 4) is 5.75 Å². The summed E-state index contributed by atoms with van der Waals surface area (Å²) >= 11 is 5.06. The lowest BCUT2D eigenvalue weighted by Gasteiger charge is -2.09. The number of pyridine rings is 1. The highest BCUT2D eigenvalue weighted by Crippen LogP contribution is 2.36. The van der Waals surface area contributed by atoms with Gasteiger partial charge in [0, 0.05) is 6.20 Å². The fourth-order valence-electron chi connectivity index (χ4n) is 1.05. The highest BCUT2D eigenvalue weighted by Gasteiger charge is 2.24. The monoisotopic (exact) mass is 259 g/mol. The van der Waals surface area contributed by atoms with E-state index in [1.807, 2.05) is 12.3 Å². The maximum absolute atomic E-state index is 5.74. The Balaban J connectivity index is 2.25. The Bertz CT molecular complexity index is 314. The van der Waals surface area contributed by atoms with E-state index in [1.165, 1.54) is 12.8 Å². The number of nitrogens with zero attached hydrogens (tertiary/aromatic N) is 1. The van der Waals surface area contributed by atoms with Crippen molar-refractivity contribution in [1.82, 2.24) is 4.98 Å². The number of rotatable bonds is 3. The number of ether oxygens (including phenoxy) is 1. The fourth-order valence-corrected chi connectivity index (χ4v) is 2.39. The Labute approximate surface area is 90.2 Å². The van der Waals surface area contributed by atoms with Crippen LogP contribution in [0, 0.1) is 0 Å². The molecule has 0 unspecified atom stereocenters. The van der Waals surface area contributed by atoms with Crippen molar-refractivity contribution in [1.29, 1.82) is 0 Å². The minimum Gasteiger partial charge on any atom is -0.489 e. The summed E-state index contributed by atoms with van der Waals surface area (Å²) in [6, 6.07) is 1.93. The van der Waals surface area contributed by atoms with Gasteiger partial charge in [-0.05, 0) is 41.1 Å². The van der Waals surface area contributed by atoms with Gasteiger partial charge in [-0.3, -0.25) is 0 Å². The van der Waals surface area contributed by atoms with E-state index >= 15 is 0 Å². The topological polar surface area (TPSA) is 22.1 Å². The number of halogens is 1. The molecule has 1 saturated carbocycles. The van der Waals surface area contributed by atoms with Crippen molar-refractivity contribution >= 4 is 27.7 Å². The summed E-state index contributed by atoms with van der Waals surface area (Å²) in [6.07, 6.45) is 6.62. The van der Waals surface area contributed by atoms with Crippen LogP contribution in [0.3, 0.4) is 0 Å². The number of hydrogen-bond acceptors (Lipinski definition) is 3. The van der Waals surface area contributed by atoms with Crippen molar-refractivity contribution in [3.63, 3.8) is 0 Å². The Morgan fingerprint density at radius 2 is 2.38 bits per heavy atom. The predicted octanol–water partition coefficient (Wildman–Crippen LogP) is 3.11. The highest BCUT2D eigenvalue weighted by atomic mass is 79.9. The van der Waals surface area contributed by atoms with Gasteiger partial charge in [-0.25, -0.2) is 4.98 Å². The van der Waals surface area contributed by atoms with Crippen molar-refractivity contribution < 1.29 is 4.74 Å². The largest absolute Gasteiger partial charge is 0.489 e. The first-order valence-electron chi connectivity index (χ1n) is 4.16. The van der Waals surface area contributed by atoms with E-state index in [9.17, 15) is 0 Å². The molecule has 0 aromatic carbocycles. The Kier molecular flexibility index (Phi) is 2.79. The normalized spacial score (nSPS) is 15.8. The molecule has 0 spiro atoms. The molecule has 0 saturated heterocycles. The predicted molar refractivity (Wildman–Crippen MR) is 57.4 cm³/mol. The summed E-state index contributed by atoms with van der Waals surface area (Å²) in [7, 11) is 0. The molecule has 1 heterocycles. The fraction of sp³-hybridized carbons (Fsp3) is 0.444. The minimum atomic E-state index is 0.445. The van der Waals surface area contributed by atoms with Gasteiger partial charge in [0.15, 0.2) is 0 Å². The maximum Gasteiger partial charge on any atom is 0.137 e. The first-order valence-corrected chi connectivity index (χ1v) is 6.18. The van der Waals surface area contributed by atoms with Gasteiger partial charge in [0.05, 0.1) is 11.0 Å². The van der Waals surface area contributed by atoms with Crippen LogP contribution >= 0.6 is 27.7 Å². The van der Waals surface area contributed by atoms with Gasteiger partial charge < -0.3 is 4.74 Å². The number of thioether (sulfide) groups is 1. The molecule has 1 aromatic rings. The van der Waals surface area contributed by atoms with Crippen molar-refractivity contribution in [3.05, 3.63) is 16.9 Å². The quantitative estimate of drug-likeness (QED) is 0.615. The Morgan fingerprint density at radius 3 is 3.00 bits per heavy atom. The third kappa shape index (κ3) is 2.17. The molecule has 0 radical (unpaired) electrons. The molecule has 2 nitrogen and oxygen atoms in total. The van der Waals surface area contributed by atoms with Crippen LogP contribution in [0.25, 0.3) is 0 Å². The lowest BCUT2D eigenvalue weighted by Crippen LogP contribution is -1.98. The third-order valence-electron chi connectivity index (χ3n) is 1.85. The van der Waals surface area contributed by atoms with Gasteiger partial charge in [0.25, 0.3) is 0 Å². The smallest absolute Gasteiger partial charge is 0.137 e. The van der Waals surface area contributed by atoms with E-state index in [2.05, 4.69) is 20.9 Å². The van der Waals surface area contributed by atoms with Crippen LogP contribution in [0.1, 0.15) is 12.8 Å². The van der Waals surface area contributed by atoms with Crippen molar-refractivity contribution in [2.75, 3.05) is 6.26 Å². The molecule has 1 aromatic heterocycles. The number of aromatic nitrogens is 1. The molecule has 0 aliphatic heterocycles. The van der Waals surface area contributed by atoms with E-state index in [0.717, 1.165) is 15.2 Å². The van der Waals surface area contributed by atoms with Crippen LogP contribution in [0.5, 0.6) is 5.75 Å². The summed E-state index contributed by atoms with van der Waals surface area (Å²) in [5.74, 6) is 0.955.